The van der Waals surface area contributed by atoms with Crippen LogP contribution in [0, 0.1) is 6.92 Å². The summed E-state index contributed by atoms with van der Waals surface area (Å²) in [6.45, 7) is 6.41. The number of H-pyrrole nitrogens is 1. The Hall–Kier alpha value is -2.89. The Morgan fingerprint density at radius 2 is 2.11 bits per heavy atom. The first-order valence-corrected chi connectivity index (χ1v) is 9.59. The maximum Gasteiger partial charge on any atom is 0.274 e. The molecule has 0 aliphatic carbocycles. The molecule has 1 fully saturated rings. The molecule has 1 unspecified atom stereocenters. The highest BCUT2D eigenvalue weighted by atomic mass is 16.2. The Morgan fingerprint density at radius 3 is 2.89 bits per heavy atom. The number of nitrogens with one attached hydrogen (secondary N) is 1. The fourth-order valence-corrected chi connectivity index (χ4v) is 3.87. The van der Waals surface area contributed by atoms with Gasteiger partial charge in [0, 0.05) is 49.2 Å². The van der Waals surface area contributed by atoms with Gasteiger partial charge in [0.2, 0.25) is 0 Å². The fourth-order valence-electron chi connectivity index (χ4n) is 3.87. The van der Waals surface area contributed by atoms with Gasteiger partial charge < -0.3 is 14.5 Å². The molecule has 27 heavy (non-hydrogen) atoms. The first kappa shape index (κ1) is 17.5. The summed E-state index contributed by atoms with van der Waals surface area (Å²) in [4.78, 5) is 27.5. The summed E-state index contributed by atoms with van der Waals surface area (Å²) >= 11 is 0. The minimum atomic E-state index is 0.00485. The van der Waals surface area contributed by atoms with Crippen LogP contribution in [0.25, 0.3) is 11.4 Å². The van der Waals surface area contributed by atoms with E-state index in [4.69, 9.17) is 0 Å². The number of piperidine rings is 1. The van der Waals surface area contributed by atoms with Crippen LogP contribution >= 0.6 is 0 Å². The highest BCUT2D eigenvalue weighted by Crippen LogP contribution is 2.27. The van der Waals surface area contributed by atoms with E-state index in [-0.39, 0.29) is 11.8 Å². The van der Waals surface area contributed by atoms with Crippen molar-refractivity contribution in [2.24, 2.45) is 0 Å². The zero-order valence-electron chi connectivity index (χ0n) is 15.9. The molecule has 1 aromatic carbocycles. The molecule has 0 spiro atoms. The fraction of sp³-hybridized carbons (Fsp3) is 0.381. The third-order valence-electron chi connectivity index (χ3n) is 5.30. The van der Waals surface area contributed by atoms with Crippen LogP contribution in [0.2, 0.25) is 0 Å². The molecule has 2 aromatic heterocycles. The molecule has 0 saturated carbocycles. The molecule has 0 radical (unpaired) electrons. The lowest BCUT2D eigenvalue weighted by atomic mass is 9.96. The van der Waals surface area contributed by atoms with Crippen molar-refractivity contribution in [1.82, 2.24) is 24.4 Å². The average Bonchev–Trinajstić information content (AvgIpc) is 3.34. The van der Waals surface area contributed by atoms with Gasteiger partial charge in [-0.3, -0.25) is 4.79 Å². The molecule has 1 saturated heterocycles. The van der Waals surface area contributed by atoms with Crippen molar-refractivity contribution < 1.29 is 4.79 Å². The van der Waals surface area contributed by atoms with E-state index in [2.05, 4.69) is 26.4 Å². The molecular formula is C21H25N5O. The number of rotatable bonds is 4. The van der Waals surface area contributed by atoms with E-state index in [1.54, 1.807) is 0 Å². The zero-order chi connectivity index (χ0) is 18.8. The lowest BCUT2D eigenvalue weighted by molar-refractivity contribution is 0.0697. The molecule has 6 nitrogen and oxygen atoms in total. The van der Waals surface area contributed by atoms with Crippen molar-refractivity contribution in [3.63, 3.8) is 0 Å². The predicted octanol–water partition coefficient (Wildman–Crippen LogP) is 3.62. The maximum atomic E-state index is 13.2. The Labute approximate surface area is 159 Å². The minimum Gasteiger partial charge on any atom is -0.341 e. The molecule has 4 rings (SSSR count). The highest BCUT2D eigenvalue weighted by molar-refractivity contribution is 5.94. The number of hydrogen-bond donors (Lipinski definition) is 1. The number of carbonyl (C=O) groups excluding carboxylic acids is 1. The van der Waals surface area contributed by atoms with Crippen molar-refractivity contribution in [2.45, 2.75) is 39.2 Å². The van der Waals surface area contributed by atoms with E-state index in [1.807, 2.05) is 54.5 Å². The molecule has 1 amide bonds. The number of hydrogen-bond acceptors (Lipinski definition) is 3. The molecule has 1 N–H and O–H groups in total. The van der Waals surface area contributed by atoms with Crippen molar-refractivity contribution in [3.8, 4) is 11.4 Å². The van der Waals surface area contributed by atoms with E-state index >= 15 is 0 Å². The summed E-state index contributed by atoms with van der Waals surface area (Å²) in [6, 6.07) is 9.90. The van der Waals surface area contributed by atoms with Crippen molar-refractivity contribution in [1.29, 1.82) is 0 Å². The van der Waals surface area contributed by atoms with Crippen molar-refractivity contribution in [2.75, 3.05) is 13.1 Å². The van der Waals surface area contributed by atoms with Gasteiger partial charge in [-0.05, 0) is 26.7 Å². The molecule has 1 atom stereocenters. The van der Waals surface area contributed by atoms with Crippen LogP contribution in [0.3, 0.4) is 0 Å². The van der Waals surface area contributed by atoms with Gasteiger partial charge in [0.05, 0.1) is 0 Å². The predicted molar refractivity (Wildman–Crippen MR) is 105 cm³/mol. The van der Waals surface area contributed by atoms with Crippen LogP contribution in [0.4, 0.5) is 0 Å². The molecule has 140 valence electrons. The quantitative estimate of drug-likeness (QED) is 0.770. The third kappa shape index (κ3) is 3.39. The Morgan fingerprint density at radius 1 is 1.30 bits per heavy atom. The maximum absolute atomic E-state index is 13.2. The molecular weight excluding hydrogens is 338 g/mol. The number of imidazole rings is 2. The summed E-state index contributed by atoms with van der Waals surface area (Å²) < 4.78 is 2.17. The number of amides is 1. The summed E-state index contributed by atoms with van der Waals surface area (Å²) in [6.07, 6.45) is 5.92. The van der Waals surface area contributed by atoms with E-state index in [9.17, 15) is 4.79 Å². The third-order valence-corrected chi connectivity index (χ3v) is 5.30. The first-order valence-electron chi connectivity index (χ1n) is 9.59. The van der Waals surface area contributed by atoms with E-state index < -0.39 is 0 Å². The monoisotopic (exact) mass is 363 g/mol. The topological polar surface area (TPSA) is 66.8 Å². The van der Waals surface area contributed by atoms with Crippen LogP contribution in [-0.2, 0) is 6.54 Å². The molecule has 6 heteroatoms. The second-order valence-corrected chi connectivity index (χ2v) is 7.09. The number of aryl methyl sites for hydroxylation is 2. The summed E-state index contributed by atoms with van der Waals surface area (Å²) in [5.41, 5.74) is 2.32. The summed E-state index contributed by atoms with van der Waals surface area (Å²) in [5, 5.41) is 0. The largest absolute Gasteiger partial charge is 0.341 e. The molecule has 1 aliphatic rings. The second kappa shape index (κ2) is 7.39. The normalized spacial score (nSPS) is 17.3. The standard InChI is InChI=1S/C21H25N5O/c1-3-25-13-11-22-20(25)17-10-7-12-26(14-17)21(27)18-15(2)23-19(24-18)16-8-5-4-6-9-16/h4-6,8-9,11,13,17H,3,7,10,12,14H2,1-2H3,(H,23,24). The summed E-state index contributed by atoms with van der Waals surface area (Å²) in [7, 11) is 0. The Balaban J connectivity index is 1.55. The average molecular weight is 363 g/mol. The van der Waals surface area contributed by atoms with E-state index in [0.717, 1.165) is 48.8 Å². The van der Waals surface area contributed by atoms with Gasteiger partial charge in [-0.25, -0.2) is 9.97 Å². The number of carbonyl (C=O) groups is 1. The van der Waals surface area contributed by atoms with Crippen LogP contribution < -0.4 is 0 Å². The lowest BCUT2D eigenvalue weighted by Gasteiger charge is -2.32. The minimum absolute atomic E-state index is 0.00485. The molecule has 0 bridgehead atoms. The van der Waals surface area contributed by atoms with Gasteiger partial charge in [0.15, 0.2) is 0 Å². The molecule has 3 heterocycles. The zero-order valence-corrected chi connectivity index (χ0v) is 15.9. The number of benzene rings is 1. The van der Waals surface area contributed by atoms with E-state index in [0.29, 0.717) is 12.2 Å². The highest BCUT2D eigenvalue weighted by Gasteiger charge is 2.29. The second-order valence-electron chi connectivity index (χ2n) is 7.09. The van der Waals surface area contributed by atoms with Crippen LogP contribution in [0.15, 0.2) is 42.7 Å². The number of likely N-dealkylation sites (tertiary alicyclic amines) is 1. The van der Waals surface area contributed by atoms with Crippen LogP contribution in [0.5, 0.6) is 0 Å². The SMILES string of the molecule is CCn1ccnc1C1CCCN(C(=O)c2nc(-c3ccccc3)[nH]c2C)C1. The van der Waals surface area contributed by atoms with Gasteiger partial charge in [-0.2, -0.15) is 0 Å². The summed E-state index contributed by atoms with van der Waals surface area (Å²) in [5.74, 6) is 2.11. The van der Waals surface area contributed by atoms with E-state index in [1.165, 1.54) is 0 Å². The van der Waals surface area contributed by atoms with Crippen molar-refractivity contribution in [3.05, 3.63) is 59.9 Å². The number of nitrogens with zero attached hydrogens (tertiary/aromatic N) is 4. The molecule has 3 aromatic rings. The van der Waals surface area contributed by atoms with Gasteiger partial charge in [0.1, 0.15) is 17.3 Å². The number of aromatic amines is 1. The van der Waals surface area contributed by atoms with Crippen LogP contribution in [-0.4, -0.2) is 43.4 Å². The number of aromatic nitrogens is 4. The Bertz CT molecular complexity index is 927. The van der Waals surface area contributed by atoms with Gasteiger partial charge in [-0.1, -0.05) is 30.3 Å². The van der Waals surface area contributed by atoms with Gasteiger partial charge >= 0.3 is 0 Å². The first-order chi connectivity index (χ1) is 13.2. The van der Waals surface area contributed by atoms with Crippen molar-refractivity contribution >= 4 is 5.91 Å². The lowest BCUT2D eigenvalue weighted by Crippen LogP contribution is -2.40. The van der Waals surface area contributed by atoms with Gasteiger partial charge in [-0.15, -0.1) is 0 Å². The Kier molecular flexibility index (Phi) is 4.79. The van der Waals surface area contributed by atoms with Crippen LogP contribution in [0.1, 0.15) is 47.7 Å². The smallest absolute Gasteiger partial charge is 0.274 e. The van der Waals surface area contributed by atoms with Gasteiger partial charge in [0.25, 0.3) is 5.91 Å². The molecule has 1 aliphatic heterocycles.